The number of nitrogens with two attached hydrogens (primary N) is 1. The highest BCUT2D eigenvalue weighted by Crippen LogP contribution is 2.31. The molecule has 0 saturated heterocycles. The van der Waals surface area contributed by atoms with E-state index in [1.165, 1.54) is 32.1 Å². The maximum absolute atomic E-state index is 10.5. The SMILES string of the molecule is C[C@H](CC1CCCC1)C[C@H](N)CC(=O)O. The fraction of sp³-hybridized carbons (Fsp3) is 0.917. The van der Waals surface area contributed by atoms with Crippen LogP contribution in [-0.2, 0) is 4.79 Å². The summed E-state index contributed by atoms with van der Waals surface area (Å²) in [7, 11) is 0. The molecule has 15 heavy (non-hydrogen) atoms. The van der Waals surface area contributed by atoms with Gasteiger partial charge in [0.05, 0.1) is 6.42 Å². The second-order valence-electron chi connectivity index (χ2n) is 5.09. The highest BCUT2D eigenvalue weighted by atomic mass is 16.4. The first kappa shape index (κ1) is 12.5. The van der Waals surface area contributed by atoms with E-state index in [-0.39, 0.29) is 12.5 Å². The third kappa shape index (κ3) is 5.17. The third-order valence-electron chi connectivity index (χ3n) is 3.35. The van der Waals surface area contributed by atoms with Crippen LogP contribution in [-0.4, -0.2) is 17.1 Å². The first-order chi connectivity index (χ1) is 7.08. The van der Waals surface area contributed by atoms with Crippen molar-refractivity contribution in [2.24, 2.45) is 17.6 Å². The van der Waals surface area contributed by atoms with Crippen molar-refractivity contribution in [3.8, 4) is 0 Å². The molecule has 1 fully saturated rings. The minimum Gasteiger partial charge on any atom is -0.481 e. The van der Waals surface area contributed by atoms with Crippen LogP contribution in [0.15, 0.2) is 0 Å². The van der Waals surface area contributed by atoms with E-state index in [0.29, 0.717) is 5.92 Å². The van der Waals surface area contributed by atoms with Crippen molar-refractivity contribution >= 4 is 5.97 Å². The quantitative estimate of drug-likeness (QED) is 0.712. The summed E-state index contributed by atoms with van der Waals surface area (Å²) in [5, 5.41) is 8.60. The molecule has 1 aliphatic rings. The summed E-state index contributed by atoms with van der Waals surface area (Å²) < 4.78 is 0. The lowest BCUT2D eigenvalue weighted by Crippen LogP contribution is -2.26. The van der Waals surface area contributed by atoms with Crippen LogP contribution in [0.1, 0.15) is 51.9 Å². The Kier molecular flexibility index (Phi) is 5.09. The molecule has 0 bridgehead atoms. The zero-order chi connectivity index (χ0) is 11.3. The van der Waals surface area contributed by atoms with Gasteiger partial charge in [-0.2, -0.15) is 0 Å². The zero-order valence-electron chi connectivity index (χ0n) is 9.61. The summed E-state index contributed by atoms with van der Waals surface area (Å²) in [5.41, 5.74) is 5.77. The smallest absolute Gasteiger partial charge is 0.304 e. The molecule has 0 unspecified atom stereocenters. The predicted molar refractivity (Wildman–Crippen MR) is 60.6 cm³/mol. The summed E-state index contributed by atoms with van der Waals surface area (Å²) in [6, 6.07) is -0.168. The largest absolute Gasteiger partial charge is 0.481 e. The fourth-order valence-electron chi connectivity index (χ4n) is 2.74. The molecule has 1 saturated carbocycles. The predicted octanol–water partition coefficient (Wildman–Crippen LogP) is 2.39. The average molecular weight is 213 g/mol. The summed E-state index contributed by atoms with van der Waals surface area (Å²) in [4.78, 5) is 10.5. The maximum Gasteiger partial charge on any atom is 0.304 e. The van der Waals surface area contributed by atoms with Gasteiger partial charge in [0.25, 0.3) is 0 Å². The van der Waals surface area contributed by atoms with Crippen LogP contribution >= 0.6 is 0 Å². The van der Waals surface area contributed by atoms with Crippen molar-refractivity contribution in [2.45, 2.75) is 57.9 Å². The number of carboxylic acids is 1. The molecule has 0 spiro atoms. The van der Waals surface area contributed by atoms with E-state index in [0.717, 1.165) is 12.3 Å². The fourth-order valence-corrected chi connectivity index (χ4v) is 2.74. The maximum atomic E-state index is 10.5. The molecule has 0 aliphatic heterocycles. The molecular weight excluding hydrogens is 190 g/mol. The van der Waals surface area contributed by atoms with E-state index >= 15 is 0 Å². The van der Waals surface area contributed by atoms with Gasteiger partial charge in [-0.15, -0.1) is 0 Å². The molecule has 2 atom stereocenters. The van der Waals surface area contributed by atoms with Gasteiger partial charge in [-0.1, -0.05) is 32.6 Å². The van der Waals surface area contributed by atoms with Crippen LogP contribution < -0.4 is 5.73 Å². The Hall–Kier alpha value is -0.570. The minimum absolute atomic E-state index is 0.106. The van der Waals surface area contributed by atoms with Crippen LogP contribution in [0.4, 0.5) is 0 Å². The van der Waals surface area contributed by atoms with Gasteiger partial charge in [0, 0.05) is 6.04 Å². The number of carbonyl (C=O) groups is 1. The Morgan fingerprint density at radius 3 is 2.60 bits per heavy atom. The molecule has 0 amide bonds. The monoisotopic (exact) mass is 213 g/mol. The number of carboxylic acid groups (broad SMARTS) is 1. The first-order valence-corrected chi connectivity index (χ1v) is 6.05. The first-order valence-electron chi connectivity index (χ1n) is 6.05. The summed E-state index contributed by atoms with van der Waals surface area (Å²) >= 11 is 0. The molecule has 1 rings (SSSR count). The van der Waals surface area contributed by atoms with Gasteiger partial charge in [0.1, 0.15) is 0 Å². The van der Waals surface area contributed by atoms with Crippen molar-refractivity contribution in [1.82, 2.24) is 0 Å². The van der Waals surface area contributed by atoms with Gasteiger partial charge in [-0.3, -0.25) is 4.79 Å². The van der Waals surface area contributed by atoms with Crippen LogP contribution in [0.2, 0.25) is 0 Å². The van der Waals surface area contributed by atoms with E-state index in [4.69, 9.17) is 10.8 Å². The number of hydrogen-bond acceptors (Lipinski definition) is 2. The Morgan fingerprint density at radius 2 is 2.07 bits per heavy atom. The highest BCUT2D eigenvalue weighted by Gasteiger charge is 2.19. The van der Waals surface area contributed by atoms with Crippen molar-refractivity contribution in [1.29, 1.82) is 0 Å². The Labute approximate surface area is 92.0 Å². The van der Waals surface area contributed by atoms with Crippen molar-refractivity contribution in [3.63, 3.8) is 0 Å². The number of aliphatic carboxylic acids is 1. The van der Waals surface area contributed by atoms with Gasteiger partial charge in [0.2, 0.25) is 0 Å². The lowest BCUT2D eigenvalue weighted by Gasteiger charge is -2.19. The Morgan fingerprint density at radius 1 is 1.47 bits per heavy atom. The van der Waals surface area contributed by atoms with Gasteiger partial charge in [-0.25, -0.2) is 0 Å². The molecule has 3 N–H and O–H groups in total. The van der Waals surface area contributed by atoms with E-state index in [1.54, 1.807) is 0 Å². The van der Waals surface area contributed by atoms with Crippen LogP contribution in [0.3, 0.4) is 0 Å². The Bertz CT molecular complexity index is 200. The lowest BCUT2D eigenvalue weighted by molar-refractivity contribution is -0.137. The molecule has 3 heteroatoms. The lowest BCUT2D eigenvalue weighted by atomic mass is 9.89. The molecule has 1 aliphatic carbocycles. The van der Waals surface area contributed by atoms with Crippen LogP contribution in [0.25, 0.3) is 0 Å². The molecule has 0 aromatic heterocycles. The van der Waals surface area contributed by atoms with E-state index in [1.807, 2.05) is 0 Å². The van der Waals surface area contributed by atoms with E-state index < -0.39 is 5.97 Å². The average Bonchev–Trinajstić information content (AvgIpc) is 2.53. The van der Waals surface area contributed by atoms with Crippen LogP contribution in [0, 0.1) is 11.8 Å². The number of rotatable bonds is 6. The van der Waals surface area contributed by atoms with Gasteiger partial charge in [-0.05, 0) is 24.7 Å². The molecule has 0 aromatic rings. The zero-order valence-corrected chi connectivity index (χ0v) is 9.61. The summed E-state index contributed by atoms with van der Waals surface area (Å²) in [6.07, 6.45) is 7.65. The standard InChI is InChI=1S/C12H23NO2/c1-9(6-10-4-2-3-5-10)7-11(13)8-12(14)15/h9-11H,2-8,13H2,1H3,(H,14,15)/t9-,11+/m1/s1. The van der Waals surface area contributed by atoms with E-state index in [9.17, 15) is 4.79 Å². The summed E-state index contributed by atoms with van der Waals surface area (Å²) in [6.45, 7) is 2.19. The van der Waals surface area contributed by atoms with Crippen molar-refractivity contribution < 1.29 is 9.90 Å². The van der Waals surface area contributed by atoms with E-state index in [2.05, 4.69) is 6.92 Å². The Balaban J connectivity index is 2.16. The van der Waals surface area contributed by atoms with Gasteiger partial charge >= 0.3 is 5.97 Å². The number of hydrogen-bond donors (Lipinski definition) is 2. The third-order valence-corrected chi connectivity index (χ3v) is 3.35. The molecule has 88 valence electrons. The minimum atomic E-state index is -0.782. The highest BCUT2D eigenvalue weighted by molar-refractivity contribution is 5.67. The van der Waals surface area contributed by atoms with Gasteiger partial charge < -0.3 is 10.8 Å². The second kappa shape index (κ2) is 6.11. The molecule has 0 aromatic carbocycles. The van der Waals surface area contributed by atoms with Crippen molar-refractivity contribution in [2.75, 3.05) is 0 Å². The molecule has 0 radical (unpaired) electrons. The van der Waals surface area contributed by atoms with Crippen molar-refractivity contribution in [3.05, 3.63) is 0 Å². The molecule has 0 heterocycles. The molecule has 3 nitrogen and oxygen atoms in total. The van der Waals surface area contributed by atoms with Gasteiger partial charge in [0.15, 0.2) is 0 Å². The normalized spacial score (nSPS) is 21.5. The summed E-state index contributed by atoms with van der Waals surface area (Å²) in [5.74, 6) is 0.662. The molecular formula is C12H23NO2. The van der Waals surface area contributed by atoms with Crippen LogP contribution in [0.5, 0.6) is 0 Å². The second-order valence-corrected chi connectivity index (χ2v) is 5.09. The topological polar surface area (TPSA) is 63.3 Å².